The van der Waals surface area contributed by atoms with Gasteiger partial charge in [0.25, 0.3) is 0 Å². The van der Waals surface area contributed by atoms with E-state index in [-0.39, 0.29) is 29.6 Å². The standard InChI is InChI=1S/C3H6S2.Na/c1-2-3(4)5;/h2H2,1H3,(H,4,5);/q;+1/p-1. The van der Waals surface area contributed by atoms with E-state index in [1.807, 2.05) is 6.92 Å². The molecule has 0 aliphatic rings. The Balaban J connectivity index is 0. The van der Waals surface area contributed by atoms with E-state index in [4.69, 9.17) is 0 Å². The Labute approximate surface area is 71.4 Å². The minimum Gasteiger partial charge on any atom is -0.433 e. The first-order chi connectivity index (χ1) is 2.27. The second kappa shape index (κ2) is 6.31. The second-order valence-corrected chi connectivity index (χ2v) is 1.97. The van der Waals surface area contributed by atoms with Crippen molar-refractivity contribution in [3.63, 3.8) is 0 Å². The molecule has 0 saturated carbocycles. The van der Waals surface area contributed by atoms with Crippen LogP contribution >= 0.6 is 12.2 Å². The maximum absolute atomic E-state index is 4.51. The van der Waals surface area contributed by atoms with E-state index in [1.165, 1.54) is 0 Å². The minimum atomic E-state index is 0. The predicted octanol–water partition coefficient (Wildman–Crippen LogP) is -1.73. The zero-order valence-electron chi connectivity index (χ0n) is 4.02. The monoisotopic (exact) mass is 128 g/mol. The molecule has 0 aromatic carbocycles. The van der Waals surface area contributed by atoms with Crippen LogP contribution in [0.15, 0.2) is 0 Å². The van der Waals surface area contributed by atoms with Crippen LogP contribution in [0.2, 0.25) is 0 Å². The summed E-state index contributed by atoms with van der Waals surface area (Å²) in [6, 6.07) is 0. The van der Waals surface area contributed by atoms with E-state index in [2.05, 4.69) is 24.8 Å². The summed E-state index contributed by atoms with van der Waals surface area (Å²) in [5, 5.41) is 0. The van der Waals surface area contributed by atoms with Crippen LogP contribution in [0.3, 0.4) is 0 Å². The van der Waals surface area contributed by atoms with Crippen molar-refractivity contribution in [2.75, 3.05) is 0 Å². The van der Waals surface area contributed by atoms with Crippen LogP contribution in [0, 0.1) is 0 Å². The van der Waals surface area contributed by atoms with E-state index in [0.717, 1.165) is 6.42 Å². The Kier molecular flexibility index (Phi) is 10.9. The molecule has 0 bridgehead atoms. The van der Waals surface area contributed by atoms with Crippen molar-refractivity contribution >= 4 is 29.0 Å². The van der Waals surface area contributed by atoms with Gasteiger partial charge >= 0.3 is 29.6 Å². The van der Waals surface area contributed by atoms with Gasteiger partial charge in [-0.2, -0.15) is 4.20 Å². The van der Waals surface area contributed by atoms with Gasteiger partial charge in [0.1, 0.15) is 0 Å². The van der Waals surface area contributed by atoms with E-state index < -0.39 is 0 Å². The first kappa shape index (κ1) is 10.3. The molecule has 0 aliphatic carbocycles. The number of thiocarbonyl (C=S) groups is 1. The largest absolute Gasteiger partial charge is 1.00 e. The van der Waals surface area contributed by atoms with E-state index in [0.29, 0.717) is 4.20 Å². The van der Waals surface area contributed by atoms with Crippen LogP contribution in [-0.4, -0.2) is 4.20 Å². The van der Waals surface area contributed by atoms with Gasteiger partial charge in [0.05, 0.1) is 0 Å². The molecule has 3 heteroatoms. The SMILES string of the molecule is CCC(=S)[S-].[Na+]. The molecule has 0 rings (SSSR count). The molecule has 0 unspecified atom stereocenters. The Hall–Kier alpha value is 1.31. The molecule has 6 heavy (non-hydrogen) atoms. The fourth-order valence-corrected chi connectivity index (χ4v) is 0. The van der Waals surface area contributed by atoms with Crippen LogP contribution in [0.1, 0.15) is 13.3 Å². The molecule has 0 radical (unpaired) electrons. The maximum Gasteiger partial charge on any atom is 1.00 e. The average molecular weight is 128 g/mol. The second-order valence-electron chi connectivity index (χ2n) is 0.726. The molecule has 0 N–H and O–H groups in total. The molecule has 0 atom stereocenters. The molecule has 0 amide bonds. The summed E-state index contributed by atoms with van der Waals surface area (Å²) in [6.07, 6.45) is 0.852. The van der Waals surface area contributed by atoms with Crippen molar-refractivity contribution in [1.82, 2.24) is 0 Å². The van der Waals surface area contributed by atoms with Crippen LogP contribution in [0.5, 0.6) is 0 Å². The Morgan fingerprint density at radius 1 is 1.83 bits per heavy atom. The van der Waals surface area contributed by atoms with Gasteiger partial charge in [-0.1, -0.05) is 6.92 Å². The summed E-state index contributed by atoms with van der Waals surface area (Å²) in [4.78, 5) is 0. The minimum absolute atomic E-state index is 0. The van der Waals surface area contributed by atoms with Crippen LogP contribution in [0.4, 0.5) is 0 Å². The molecule has 0 aliphatic heterocycles. The summed E-state index contributed by atoms with van der Waals surface area (Å²) in [6.45, 7) is 1.95. The van der Waals surface area contributed by atoms with Crippen molar-refractivity contribution in [2.45, 2.75) is 13.3 Å². The van der Waals surface area contributed by atoms with Gasteiger partial charge in [-0.25, -0.2) is 0 Å². The third-order valence-electron chi connectivity index (χ3n) is 0.289. The van der Waals surface area contributed by atoms with Crippen molar-refractivity contribution in [2.24, 2.45) is 0 Å². The van der Waals surface area contributed by atoms with Gasteiger partial charge in [-0.05, 0) is 6.42 Å². The van der Waals surface area contributed by atoms with Crippen molar-refractivity contribution in [3.05, 3.63) is 0 Å². The number of hydrogen-bond acceptors (Lipinski definition) is 2. The zero-order valence-corrected chi connectivity index (χ0v) is 7.66. The third kappa shape index (κ3) is 9.00. The van der Waals surface area contributed by atoms with Crippen LogP contribution < -0.4 is 29.6 Å². The summed E-state index contributed by atoms with van der Waals surface area (Å²) in [5.41, 5.74) is 0. The smallest absolute Gasteiger partial charge is 0.433 e. The molecule has 0 fully saturated rings. The van der Waals surface area contributed by atoms with E-state index >= 15 is 0 Å². The van der Waals surface area contributed by atoms with Gasteiger partial charge in [0, 0.05) is 0 Å². The van der Waals surface area contributed by atoms with Gasteiger partial charge < -0.3 is 24.8 Å². The normalized spacial score (nSPS) is 6.17. The average Bonchev–Trinajstić information content (AvgIpc) is 1.38. The van der Waals surface area contributed by atoms with E-state index in [9.17, 15) is 0 Å². The van der Waals surface area contributed by atoms with Crippen LogP contribution in [-0.2, 0) is 12.6 Å². The maximum atomic E-state index is 4.51. The van der Waals surface area contributed by atoms with Gasteiger partial charge in [-0.3, -0.25) is 0 Å². The third-order valence-corrected chi connectivity index (χ3v) is 0.866. The van der Waals surface area contributed by atoms with Crippen LogP contribution in [0.25, 0.3) is 0 Å². The molecular formula is C3H5NaS2. The molecule has 30 valence electrons. The molecule has 0 saturated heterocycles. The number of hydrogen-bond donors (Lipinski definition) is 0. The first-order valence-corrected chi connectivity index (χ1v) is 2.29. The first-order valence-electron chi connectivity index (χ1n) is 1.47. The number of rotatable bonds is 1. The molecule has 0 nitrogen and oxygen atoms in total. The van der Waals surface area contributed by atoms with Gasteiger partial charge in [-0.15, -0.1) is 0 Å². The fourth-order valence-electron chi connectivity index (χ4n) is 0. The Morgan fingerprint density at radius 2 is 2.00 bits per heavy atom. The summed E-state index contributed by atoms with van der Waals surface area (Å²) >= 11 is 9.02. The quantitative estimate of drug-likeness (QED) is 0.234. The van der Waals surface area contributed by atoms with Crippen molar-refractivity contribution in [3.8, 4) is 0 Å². The Bertz CT molecular complexity index is 44.1. The van der Waals surface area contributed by atoms with E-state index in [1.54, 1.807) is 0 Å². The van der Waals surface area contributed by atoms with Crippen molar-refractivity contribution < 1.29 is 29.6 Å². The predicted molar refractivity (Wildman–Crippen MR) is 30.3 cm³/mol. The topological polar surface area (TPSA) is 0 Å². The molecule has 0 aromatic heterocycles. The summed E-state index contributed by atoms with van der Waals surface area (Å²) in [7, 11) is 0. The fraction of sp³-hybridized carbons (Fsp3) is 0.667. The van der Waals surface area contributed by atoms with Gasteiger partial charge in [0.15, 0.2) is 0 Å². The molecule has 0 heterocycles. The summed E-state index contributed by atoms with van der Waals surface area (Å²) in [5.74, 6) is 0. The molecular weight excluding hydrogens is 123 g/mol. The van der Waals surface area contributed by atoms with Gasteiger partial charge in [0.2, 0.25) is 0 Å². The molecule has 0 spiro atoms. The zero-order chi connectivity index (χ0) is 4.28. The van der Waals surface area contributed by atoms with Crippen molar-refractivity contribution in [1.29, 1.82) is 0 Å². The summed E-state index contributed by atoms with van der Waals surface area (Å²) < 4.78 is 0.671. The molecule has 0 aromatic rings. The Morgan fingerprint density at radius 3 is 2.00 bits per heavy atom.